The van der Waals surface area contributed by atoms with Crippen molar-refractivity contribution in [1.82, 2.24) is 0 Å². The summed E-state index contributed by atoms with van der Waals surface area (Å²) < 4.78 is 10.7. The molecule has 0 amide bonds. The molecular formula is C5H9O4P. The molecule has 4 nitrogen and oxygen atoms in total. The Morgan fingerprint density at radius 2 is 2.20 bits per heavy atom. The van der Waals surface area contributed by atoms with Crippen LogP contribution in [0, 0.1) is 0 Å². The van der Waals surface area contributed by atoms with Crippen LogP contribution in [0.2, 0.25) is 0 Å². The molecule has 0 saturated carbocycles. The third kappa shape index (κ3) is 4.30. The number of hydrogen-bond acceptors (Lipinski definition) is 2. The van der Waals surface area contributed by atoms with Gasteiger partial charge in [-0.05, 0) is 0 Å². The molecule has 0 radical (unpaired) electrons. The minimum Gasteiger partial charge on any atom is -0.478 e. The van der Waals surface area contributed by atoms with Gasteiger partial charge in [0.15, 0.2) is 0 Å². The summed E-state index contributed by atoms with van der Waals surface area (Å²) in [4.78, 5) is 18.6. The van der Waals surface area contributed by atoms with Crippen molar-refractivity contribution < 1.29 is 19.4 Å². The number of carbonyl (C=O) groups is 1. The standard InChI is InChI=1S/C5H9O4P/c1-2-10(8,9)4-3-5(6)7/h3-4H,2H2,1H3,(H,6,7)(H,8,9). The zero-order chi connectivity index (χ0) is 8.20. The predicted molar refractivity (Wildman–Crippen MR) is 37.1 cm³/mol. The molecule has 0 aromatic rings. The summed E-state index contributed by atoms with van der Waals surface area (Å²) in [5, 5.41) is 8.05. The minimum absolute atomic E-state index is 0.0663. The van der Waals surface area contributed by atoms with Crippen LogP contribution >= 0.6 is 7.37 Å². The van der Waals surface area contributed by atoms with Crippen molar-refractivity contribution in [2.75, 3.05) is 6.16 Å². The van der Waals surface area contributed by atoms with Gasteiger partial charge in [-0.25, -0.2) is 4.79 Å². The Kier molecular flexibility index (Phi) is 3.33. The third-order valence-corrected chi connectivity index (χ3v) is 2.42. The summed E-state index contributed by atoms with van der Waals surface area (Å²) in [5.74, 6) is -0.377. The largest absolute Gasteiger partial charge is 0.478 e. The molecule has 0 heterocycles. The van der Waals surface area contributed by atoms with E-state index in [0.717, 1.165) is 5.82 Å². The molecule has 5 heteroatoms. The fourth-order valence-electron chi connectivity index (χ4n) is 0.286. The molecule has 2 N–H and O–H groups in total. The molecule has 0 aromatic carbocycles. The summed E-state index contributed by atoms with van der Waals surface area (Å²) in [6.45, 7) is 1.52. The Balaban J connectivity index is 4.13. The molecule has 58 valence electrons. The van der Waals surface area contributed by atoms with E-state index in [1.54, 1.807) is 0 Å². The van der Waals surface area contributed by atoms with E-state index in [4.69, 9.17) is 10.00 Å². The first kappa shape index (κ1) is 9.40. The molecule has 0 bridgehead atoms. The number of carboxylic acids is 1. The van der Waals surface area contributed by atoms with Crippen LogP contribution in [0.25, 0.3) is 0 Å². The molecule has 1 unspecified atom stereocenters. The van der Waals surface area contributed by atoms with E-state index in [-0.39, 0.29) is 6.16 Å². The van der Waals surface area contributed by atoms with E-state index < -0.39 is 13.3 Å². The van der Waals surface area contributed by atoms with Gasteiger partial charge in [0.2, 0.25) is 7.37 Å². The average molecular weight is 164 g/mol. The van der Waals surface area contributed by atoms with Gasteiger partial charge in [-0.3, -0.25) is 4.57 Å². The molecule has 0 spiro atoms. The highest BCUT2D eigenvalue weighted by atomic mass is 31.2. The molecular weight excluding hydrogens is 155 g/mol. The lowest BCUT2D eigenvalue weighted by atomic mass is 10.7. The van der Waals surface area contributed by atoms with Crippen LogP contribution in [-0.4, -0.2) is 22.1 Å². The Morgan fingerprint density at radius 3 is 2.50 bits per heavy atom. The van der Waals surface area contributed by atoms with Crippen molar-refractivity contribution in [3.63, 3.8) is 0 Å². The fourth-order valence-corrected chi connectivity index (χ4v) is 0.857. The highest BCUT2D eigenvalue weighted by molar-refractivity contribution is 7.61. The van der Waals surface area contributed by atoms with Gasteiger partial charge in [-0.1, -0.05) is 6.92 Å². The quantitative estimate of drug-likeness (QED) is 0.479. The fraction of sp³-hybridized carbons (Fsp3) is 0.400. The smallest absolute Gasteiger partial charge is 0.328 e. The molecule has 0 aliphatic rings. The van der Waals surface area contributed by atoms with Gasteiger partial charge in [-0.15, -0.1) is 0 Å². The number of hydrogen-bond donors (Lipinski definition) is 2. The van der Waals surface area contributed by atoms with Crippen LogP contribution in [0.4, 0.5) is 0 Å². The Hall–Kier alpha value is -0.600. The van der Waals surface area contributed by atoms with Gasteiger partial charge in [-0.2, -0.15) is 0 Å². The van der Waals surface area contributed by atoms with Crippen LogP contribution in [0.3, 0.4) is 0 Å². The highest BCUT2D eigenvalue weighted by Crippen LogP contribution is 2.40. The number of carboxylic acid groups (broad SMARTS) is 1. The second-order valence-electron chi connectivity index (χ2n) is 1.73. The van der Waals surface area contributed by atoms with E-state index in [1.165, 1.54) is 6.92 Å². The van der Waals surface area contributed by atoms with Crippen LogP contribution in [0.1, 0.15) is 6.92 Å². The Morgan fingerprint density at radius 1 is 1.70 bits per heavy atom. The number of aliphatic carboxylic acids is 1. The lowest BCUT2D eigenvalue weighted by Crippen LogP contribution is -1.87. The van der Waals surface area contributed by atoms with Gasteiger partial charge in [0.25, 0.3) is 0 Å². The van der Waals surface area contributed by atoms with Crippen LogP contribution in [0.5, 0.6) is 0 Å². The zero-order valence-electron chi connectivity index (χ0n) is 5.52. The van der Waals surface area contributed by atoms with Gasteiger partial charge in [0.1, 0.15) is 0 Å². The topological polar surface area (TPSA) is 74.6 Å². The van der Waals surface area contributed by atoms with Crippen molar-refractivity contribution >= 4 is 13.3 Å². The molecule has 0 aliphatic carbocycles. The first-order valence-corrected chi connectivity index (χ1v) is 4.63. The van der Waals surface area contributed by atoms with Crippen molar-refractivity contribution in [3.05, 3.63) is 11.9 Å². The predicted octanol–water partition coefficient (Wildman–Crippen LogP) is 0.875. The van der Waals surface area contributed by atoms with Crippen molar-refractivity contribution in [2.45, 2.75) is 6.92 Å². The molecule has 0 aliphatic heterocycles. The summed E-state index contributed by atoms with van der Waals surface area (Å²) in [5.41, 5.74) is 0. The van der Waals surface area contributed by atoms with Crippen LogP contribution in [-0.2, 0) is 9.36 Å². The molecule has 0 aromatic heterocycles. The molecule has 0 rings (SSSR count). The lowest BCUT2D eigenvalue weighted by Gasteiger charge is -1.98. The van der Waals surface area contributed by atoms with Crippen molar-refractivity contribution in [1.29, 1.82) is 0 Å². The normalized spacial score (nSPS) is 17.0. The SMILES string of the molecule is CCP(=O)(O)C=CC(=O)O. The first-order valence-electron chi connectivity index (χ1n) is 2.71. The summed E-state index contributed by atoms with van der Waals surface area (Å²) >= 11 is 0. The summed E-state index contributed by atoms with van der Waals surface area (Å²) in [6, 6.07) is 0. The van der Waals surface area contributed by atoms with Gasteiger partial charge < -0.3 is 10.00 Å². The van der Waals surface area contributed by atoms with E-state index in [2.05, 4.69) is 0 Å². The minimum atomic E-state index is -3.29. The maximum atomic E-state index is 10.7. The van der Waals surface area contributed by atoms with Crippen LogP contribution in [0.15, 0.2) is 11.9 Å². The number of rotatable bonds is 3. The lowest BCUT2D eigenvalue weighted by molar-refractivity contribution is -0.131. The van der Waals surface area contributed by atoms with E-state index in [9.17, 15) is 9.36 Å². The summed E-state index contributed by atoms with van der Waals surface area (Å²) in [7, 11) is -3.29. The monoisotopic (exact) mass is 164 g/mol. The second-order valence-corrected chi connectivity index (χ2v) is 4.17. The van der Waals surface area contributed by atoms with E-state index >= 15 is 0 Å². The van der Waals surface area contributed by atoms with E-state index in [0.29, 0.717) is 6.08 Å². The average Bonchev–Trinajstić information content (AvgIpc) is 1.85. The second kappa shape index (κ2) is 3.54. The maximum absolute atomic E-state index is 10.7. The first-order chi connectivity index (χ1) is 4.48. The third-order valence-electron chi connectivity index (χ3n) is 0.903. The maximum Gasteiger partial charge on any atom is 0.328 e. The summed E-state index contributed by atoms with van der Waals surface area (Å²) in [6.07, 6.45) is 0.751. The molecule has 0 saturated heterocycles. The Bertz CT molecular complexity index is 196. The molecule has 1 atom stereocenters. The van der Waals surface area contributed by atoms with Crippen molar-refractivity contribution in [2.24, 2.45) is 0 Å². The van der Waals surface area contributed by atoms with E-state index in [1.807, 2.05) is 0 Å². The van der Waals surface area contributed by atoms with Gasteiger partial charge in [0.05, 0.1) is 0 Å². The van der Waals surface area contributed by atoms with Crippen LogP contribution < -0.4 is 0 Å². The zero-order valence-corrected chi connectivity index (χ0v) is 6.41. The van der Waals surface area contributed by atoms with Gasteiger partial charge >= 0.3 is 5.97 Å². The van der Waals surface area contributed by atoms with Gasteiger partial charge in [0, 0.05) is 18.1 Å². The molecule has 10 heavy (non-hydrogen) atoms. The Labute approximate surface area is 58.6 Å². The molecule has 0 fully saturated rings. The highest BCUT2D eigenvalue weighted by Gasteiger charge is 2.09. The van der Waals surface area contributed by atoms with Crippen molar-refractivity contribution in [3.8, 4) is 0 Å².